The van der Waals surface area contributed by atoms with E-state index in [1.807, 2.05) is 37.3 Å². The van der Waals surface area contributed by atoms with Gasteiger partial charge in [0.1, 0.15) is 12.3 Å². The maximum absolute atomic E-state index is 13.2. The molecule has 0 unspecified atom stereocenters. The fourth-order valence-corrected chi connectivity index (χ4v) is 4.61. The third-order valence-corrected chi connectivity index (χ3v) is 6.61. The molecule has 0 saturated carbocycles. The van der Waals surface area contributed by atoms with Crippen LogP contribution in [0.2, 0.25) is 0 Å². The predicted molar refractivity (Wildman–Crippen MR) is 144 cm³/mol. The van der Waals surface area contributed by atoms with Crippen molar-refractivity contribution in [1.29, 1.82) is 0 Å². The third kappa shape index (κ3) is 6.23. The molecule has 2 heterocycles. The molecule has 5 rings (SSSR count). The first-order chi connectivity index (χ1) is 19.2. The Labute approximate surface area is 229 Å². The summed E-state index contributed by atoms with van der Waals surface area (Å²) >= 11 is 0. The zero-order valence-corrected chi connectivity index (χ0v) is 21.7. The maximum atomic E-state index is 13.2. The number of esters is 1. The molecule has 1 aliphatic rings. The SMILES string of the molecule is Cc1ccc(OC(=O)c2cccc(C(F)(F)F)c2)c(-c2cc(-c3ccccc3)n(CC(=O)N[C@@H]3CCNC3)n2)c1. The molecule has 1 amide bonds. The fourth-order valence-electron chi connectivity index (χ4n) is 4.61. The second-order valence-corrected chi connectivity index (χ2v) is 9.66. The van der Waals surface area contributed by atoms with Crippen molar-refractivity contribution in [2.24, 2.45) is 0 Å². The summed E-state index contributed by atoms with van der Waals surface area (Å²) in [5.74, 6) is -0.969. The topological polar surface area (TPSA) is 85.2 Å². The van der Waals surface area contributed by atoms with Crippen molar-refractivity contribution in [3.05, 3.63) is 95.6 Å². The van der Waals surface area contributed by atoms with Gasteiger partial charge in [-0.2, -0.15) is 18.3 Å². The van der Waals surface area contributed by atoms with Crippen LogP contribution >= 0.6 is 0 Å². The Kier molecular flexibility index (Phi) is 7.70. The van der Waals surface area contributed by atoms with Gasteiger partial charge in [0.05, 0.1) is 22.5 Å². The average molecular weight is 549 g/mol. The van der Waals surface area contributed by atoms with Crippen LogP contribution in [0.4, 0.5) is 13.2 Å². The van der Waals surface area contributed by atoms with E-state index in [1.165, 1.54) is 6.07 Å². The lowest BCUT2D eigenvalue weighted by molar-refractivity contribution is -0.137. The number of hydrogen-bond acceptors (Lipinski definition) is 5. The van der Waals surface area contributed by atoms with Gasteiger partial charge >= 0.3 is 12.1 Å². The van der Waals surface area contributed by atoms with E-state index < -0.39 is 17.7 Å². The highest BCUT2D eigenvalue weighted by molar-refractivity contribution is 5.92. The number of nitrogens with zero attached hydrogens (tertiary/aromatic N) is 2. The van der Waals surface area contributed by atoms with Crippen LogP contribution in [0, 0.1) is 6.92 Å². The quantitative estimate of drug-likeness (QED) is 0.244. The highest BCUT2D eigenvalue weighted by atomic mass is 19.4. The van der Waals surface area contributed by atoms with Crippen LogP contribution < -0.4 is 15.4 Å². The second kappa shape index (κ2) is 11.4. The molecule has 1 aromatic heterocycles. The molecule has 10 heteroatoms. The van der Waals surface area contributed by atoms with E-state index in [4.69, 9.17) is 9.84 Å². The summed E-state index contributed by atoms with van der Waals surface area (Å²) in [6.07, 6.45) is -3.74. The molecule has 7 nitrogen and oxygen atoms in total. The number of amides is 1. The maximum Gasteiger partial charge on any atom is 0.416 e. The van der Waals surface area contributed by atoms with Crippen molar-refractivity contribution in [1.82, 2.24) is 20.4 Å². The number of alkyl halides is 3. The largest absolute Gasteiger partial charge is 0.422 e. The van der Waals surface area contributed by atoms with E-state index in [-0.39, 0.29) is 29.8 Å². The Morgan fingerprint density at radius 3 is 2.58 bits per heavy atom. The van der Waals surface area contributed by atoms with Gasteiger partial charge in [-0.1, -0.05) is 48.0 Å². The van der Waals surface area contributed by atoms with Gasteiger partial charge < -0.3 is 15.4 Å². The minimum atomic E-state index is -4.59. The second-order valence-electron chi connectivity index (χ2n) is 9.66. The Bertz CT molecular complexity index is 1530. The van der Waals surface area contributed by atoms with E-state index >= 15 is 0 Å². The summed E-state index contributed by atoms with van der Waals surface area (Å²) in [5.41, 5.74) is 2.13. The van der Waals surface area contributed by atoms with Crippen LogP contribution in [0.25, 0.3) is 22.5 Å². The molecule has 2 N–H and O–H groups in total. The van der Waals surface area contributed by atoms with E-state index in [2.05, 4.69) is 10.6 Å². The smallest absolute Gasteiger partial charge is 0.416 e. The summed E-state index contributed by atoms with van der Waals surface area (Å²) in [4.78, 5) is 25.8. The van der Waals surface area contributed by atoms with Crippen LogP contribution in [0.5, 0.6) is 5.75 Å². The van der Waals surface area contributed by atoms with Crippen molar-refractivity contribution < 1.29 is 27.5 Å². The molecule has 40 heavy (non-hydrogen) atoms. The Morgan fingerprint density at radius 2 is 1.85 bits per heavy atom. The Balaban J connectivity index is 1.48. The molecular weight excluding hydrogens is 521 g/mol. The lowest BCUT2D eigenvalue weighted by Crippen LogP contribution is -2.38. The van der Waals surface area contributed by atoms with Gasteiger partial charge in [-0.3, -0.25) is 9.48 Å². The number of aromatic nitrogens is 2. The third-order valence-electron chi connectivity index (χ3n) is 6.61. The van der Waals surface area contributed by atoms with Gasteiger partial charge in [-0.15, -0.1) is 0 Å². The number of aryl methyl sites for hydroxylation is 1. The molecule has 3 aromatic carbocycles. The molecule has 1 atom stereocenters. The van der Waals surface area contributed by atoms with Crippen molar-refractivity contribution in [2.75, 3.05) is 13.1 Å². The molecule has 206 valence electrons. The van der Waals surface area contributed by atoms with Gasteiger partial charge in [0.2, 0.25) is 5.91 Å². The highest BCUT2D eigenvalue weighted by Gasteiger charge is 2.31. The Morgan fingerprint density at radius 1 is 1.05 bits per heavy atom. The van der Waals surface area contributed by atoms with E-state index in [9.17, 15) is 22.8 Å². The van der Waals surface area contributed by atoms with Crippen LogP contribution in [-0.2, 0) is 17.5 Å². The van der Waals surface area contributed by atoms with Crippen molar-refractivity contribution in [2.45, 2.75) is 32.1 Å². The van der Waals surface area contributed by atoms with Crippen molar-refractivity contribution >= 4 is 11.9 Å². The van der Waals surface area contributed by atoms with Gasteiger partial charge in [0.25, 0.3) is 0 Å². The summed E-state index contributed by atoms with van der Waals surface area (Å²) in [7, 11) is 0. The van der Waals surface area contributed by atoms with Crippen LogP contribution in [0.1, 0.15) is 27.9 Å². The number of benzene rings is 3. The molecular formula is C30H27F3N4O3. The average Bonchev–Trinajstić information content (AvgIpc) is 3.60. The standard InChI is InChI=1S/C30H27F3N4O3/c1-19-10-11-27(40-29(39)21-8-5-9-22(15-21)30(31,32)33)24(14-19)25-16-26(20-6-3-2-4-7-20)37(36-25)18-28(38)35-23-12-13-34-17-23/h2-11,14-16,23,34H,12-13,17-18H2,1H3,(H,35,38)/t23-/m1/s1. The molecule has 0 aliphatic carbocycles. The number of nitrogens with one attached hydrogen (secondary N) is 2. The number of carbonyl (C=O) groups is 2. The summed E-state index contributed by atoms with van der Waals surface area (Å²) < 4.78 is 46.7. The normalized spacial score (nSPS) is 15.2. The molecule has 0 spiro atoms. The van der Waals surface area contributed by atoms with Gasteiger partial charge in [0, 0.05) is 18.2 Å². The lowest BCUT2D eigenvalue weighted by Gasteiger charge is -2.13. The summed E-state index contributed by atoms with van der Waals surface area (Å²) in [6, 6.07) is 20.5. The number of halogens is 3. The first-order valence-electron chi connectivity index (χ1n) is 12.8. The van der Waals surface area contributed by atoms with Crippen LogP contribution in [0.3, 0.4) is 0 Å². The van der Waals surface area contributed by atoms with Crippen LogP contribution in [0.15, 0.2) is 78.9 Å². The zero-order valence-electron chi connectivity index (χ0n) is 21.7. The molecule has 1 fully saturated rings. The van der Waals surface area contributed by atoms with Gasteiger partial charge in [-0.25, -0.2) is 4.79 Å². The summed E-state index contributed by atoms with van der Waals surface area (Å²) in [5, 5.41) is 10.9. The van der Waals surface area contributed by atoms with E-state index in [0.717, 1.165) is 42.3 Å². The van der Waals surface area contributed by atoms with Crippen molar-refractivity contribution in [3.8, 4) is 28.3 Å². The molecule has 1 saturated heterocycles. The molecule has 4 aromatic rings. The van der Waals surface area contributed by atoms with Gasteiger partial charge in [-0.05, 0) is 61.9 Å². The number of hydrogen-bond donors (Lipinski definition) is 2. The molecule has 1 aliphatic heterocycles. The minimum absolute atomic E-state index is 0.0219. The number of ether oxygens (including phenoxy) is 1. The number of carbonyl (C=O) groups excluding carboxylic acids is 2. The summed E-state index contributed by atoms with van der Waals surface area (Å²) in [6.45, 7) is 3.40. The van der Waals surface area contributed by atoms with E-state index in [1.54, 1.807) is 28.9 Å². The zero-order chi connectivity index (χ0) is 28.3. The monoisotopic (exact) mass is 548 g/mol. The highest BCUT2D eigenvalue weighted by Crippen LogP contribution is 2.34. The lowest BCUT2D eigenvalue weighted by atomic mass is 10.1. The van der Waals surface area contributed by atoms with E-state index in [0.29, 0.717) is 23.5 Å². The Hall–Kier alpha value is -4.44. The van der Waals surface area contributed by atoms with Gasteiger partial charge in [0.15, 0.2) is 0 Å². The first kappa shape index (κ1) is 27.1. The predicted octanol–water partition coefficient (Wildman–Crippen LogP) is 5.24. The van der Waals surface area contributed by atoms with Crippen LogP contribution in [-0.4, -0.2) is 40.8 Å². The molecule has 0 bridgehead atoms. The first-order valence-corrected chi connectivity index (χ1v) is 12.8. The minimum Gasteiger partial charge on any atom is -0.422 e. The fraction of sp³-hybridized carbons (Fsp3) is 0.233. The molecule has 0 radical (unpaired) electrons. The number of rotatable bonds is 7. The van der Waals surface area contributed by atoms with Crippen molar-refractivity contribution in [3.63, 3.8) is 0 Å².